The molecule has 4 rings (SSSR count). The van der Waals surface area contributed by atoms with E-state index in [1.165, 1.54) is 6.07 Å². The molecule has 152 valence electrons. The van der Waals surface area contributed by atoms with Crippen molar-refractivity contribution in [2.75, 3.05) is 20.1 Å². The molecular weight excluding hydrogens is 388 g/mol. The molecule has 0 unspecified atom stereocenters. The zero-order chi connectivity index (χ0) is 20.6. The summed E-state index contributed by atoms with van der Waals surface area (Å²) < 4.78 is 26.1. The normalized spacial score (nSPS) is 21.9. The summed E-state index contributed by atoms with van der Waals surface area (Å²) in [5.74, 6) is -0.210. The first-order chi connectivity index (χ1) is 13.9. The average molecular weight is 413 g/mol. The maximum Gasteiger partial charge on any atom is 0.255 e. The summed E-state index contributed by atoms with van der Waals surface area (Å²) in [6.45, 7) is 0.997. The van der Waals surface area contributed by atoms with Gasteiger partial charge in [-0.25, -0.2) is 8.42 Å². The lowest BCUT2D eigenvalue weighted by atomic mass is 9.92. The van der Waals surface area contributed by atoms with Crippen molar-refractivity contribution in [2.45, 2.75) is 29.5 Å². The van der Waals surface area contributed by atoms with Crippen molar-refractivity contribution in [1.29, 1.82) is 0 Å². The zero-order valence-corrected chi connectivity index (χ0v) is 17.1. The third-order valence-corrected chi connectivity index (χ3v) is 7.70. The molecule has 0 N–H and O–H groups in total. The lowest BCUT2D eigenvalue weighted by Gasteiger charge is -2.36. The van der Waals surface area contributed by atoms with E-state index in [0.717, 1.165) is 6.42 Å². The third-order valence-electron chi connectivity index (χ3n) is 5.96. The Balaban J connectivity index is 1.58. The number of likely N-dealkylation sites (tertiary alicyclic amines) is 2. The van der Waals surface area contributed by atoms with Crippen LogP contribution in [0, 0.1) is 5.92 Å². The lowest BCUT2D eigenvalue weighted by Crippen LogP contribution is -2.47. The second-order valence-electron chi connectivity index (χ2n) is 7.82. The first kappa shape index (κ1) is 19.6. The van der Waals surface area contributed by atoms with Crippen molar-refractivity contribution in [3.8, 4) is 0 Å². The fraction of sp³-hybridized carbons (Fsp3) is 0.364. The molecule has 2 heterocycles. The van der Waals surface area contributed by atoms with Crippen molar-refractivity contribution >= 4 is 21.7 Å². The van der Waals surface area contributed by atoms with Crippen LogP contribution in [0.15, 0.2) is 59.5 Å². The zero-order valence-electron chi connectivity index (χ0n) is 16.3. The number of carbonyl (C=O) groups excluding carboxylic acids is 2. The SMILES string of the molecule is CN1C(=O)C[C@@H]2CN(C(=O)c3ccccc3S(=O)(=O)Cc3ccccc3)CC[C@@H]21. The van der Waals surface area contributed by atoms with Gasteiger partial charge in [-0.1, -0.05) is 42.5 Å². The maximum absolute atomic E-state index is 13.2. The molecule has 2 atom stereocenters. The van der Waals surface area contributed by atoms with Gasteiger partial charge in [-0.15, -0.1) is 0 Å². The topological polar surface area (TPSA) is 74.8 Å². The fourth-order valence-corrected chi connectivity index (χ4v) is 5.99. The highest BCUT2D eigenvalue weighted by atomic mass is 32.2. The van der Waals surface area contributed by atoms with Crippen LogP contribution in [0.5, 0.6) is 0 Å². The Morgan fingerprint density at radius 3 is 2.52 bits per heavy atom. The summed E-state index contributed by atoms with van der Waals surface area (Å²) in [5.41, 5.74) is 0.891. The van der Waals surface area contributed by atoms with E-state index in [4.69, 9.17) is 0 Å². The minimum Gasteiger partial charge on any atom is -0.342 e. The van der Waals surface area contributed by atoms with Gasteiger partial charge in [-0.3, -0.25) is 9.59 Å². The van der Waals surface area contributed by atoms with E-state index in [1.807, 2.05) is 13.1 Å². The number of hydrogen-bond acceptors (Lipinski definition) is 4. The summed E-state index contributed by atoms with van der Waals surface area (Å²) in [4.78, 5) is 28.8. The van der Waals surface area contributed by atoms with Gasteiger partial charge in [0.1, 0.15) is 0 Å². The fourth-order valence-electron chi connectivity index (χ4n) is 4.42. The summed E-state index contributed by atoms with van der Waals surface area (Å²) in [6, 6.07) is 15.5. The molecule has 0 aliphatic carbocycles. The maximum atomic E-state index is 13.2. The van der Waals surface area contributed by atoms with Crippen LogP contribution in [-0.2, 0) is 20.4 Å². The van der Waals surface area contributed by atoms with Gasteiger partial charge in [0.05, 0.1) is 16.2 Å². The summed E-state index contributed by atoms with van der Waals surface area (Å²) in [7, 11) is -1.86. The molecule has 2 aliphatic rings. The number of amides is 2. The third kappa shape index (κ3) is 3.79. The highest BCUT2D eigenvalue weighted by Crippen LogP contribution is 2.32. The van der Waals surface area contributed by atoms with Gasteiger partial charge in [-0.05, 0) is 24.1 Å². The number of piperidine rings is 1. The highest BCUT2D eigenvalue weighted by molar-refractivity contribution is 7.90. The summed E-state index contributed by atoms with van der Waals surface area (Å²) in [6.07, 6.45) is 1.16. The van der Waals surface area contributed by atoms with Crippen LogP contribution in [0.2, 0.25) is 0 Å². The molecule has 0 radical (unpaired) electrons. The van der Waals surface area contributed by atoms with Gasteiger partial charge in [0.25, 0.3) is 5.91 Å². The van der Waals surface area contributed by atoms with Gasteiger partial charge in [-0.2, -0.15) is 0 Å². The molecule has 0 spiro atoms. The smallest absolute Gasteiger partial charge is 0.255 e. The van der Waals surface area contributed by atoms with Gasteiger partial charge < -0.3 is 9.80 Å². The molecular formula is C22H24N2O4S. The number of nitrogens with zero attached hydrogens (tertiary/aromatic N) is 2. The van der Waals surface area contributed by atoms with Crippen molar-refractivity contribution in [3.63, 3.8) is 0 Å². The Kier molecular flexibility index (Phi) is 5.17. The van der Waals surface area contributed by atoms with Crippen LogP contribution in [0.25, 0.3) is 0 Å². The lowest BCUT2D eigenvalue weighted by molar-refractivity contribution is -0.127. The van der Waals surface area contributed by atoms with Crippen molar-refractivity contribution in [3.05, 3.63) is 65.7 Å². The molecule has 6 nitrogen and oxygen atoms in total. The van der Waals surface area contributed by atoms with Crippen LogP contribution in [0.3, 0.4) is 0 Å². The predicted molar refractivity (Wildman–Crippen MR) is 109 cm³/mol. The van der Waals surface area contributed by atoms with Crippen molar-refractivity contribution < 1.29 is 18.0 Å². The highest BCUT2D eigenvalue weighted by Gasteiger charge is 2.42. The number of carbonyl (C=O) groups is 2. The van der Waals surface area contributed by atoms with Gasteiger partial charge >= 0.3 is 0 Å². The number of hydrogen-bond donors (Lipinski definition) is 0. The van der Waals surface area contributed by atoms with Crippen molar-refractivity contribution in [1.82, 2.24) is 9.80 Å². The molecule has 0 bridgehead atoms. The number of rotatable bonds is 4. The minimum absolute atomic E-state index is 0.0654. The Bertz CT molecular complexity index is 1040. The van der Waals surface area contributed by atoms with Crippen LogP contribution in [0.1, 0.15) is 28.8 Å². The predicted octanol–water partition coefficient (Wildman–Crippen LogP) is 2.35. The van der Waals surface area contributed by atoms with Crippen LogP contribution >= 0.6 is 0 Å². The van der Waals surface area contributed by atoms with E-state index >= 15 is 0 Å². The molecule has 2 aromatic rings. The first-order valence-corrected chi connectivity index (χ1v) is 11.4. The molecule has 2 fully saturated rings. The molecule has 2 aliphatic heterocycles. The van der Waals surface area contributed by atoms with Gasteiger partial charge in [0, 0.05) is 38.5 Å². The monoisotopic (exact) mass is 412 g/mol. The van der Waals surface area contributed by atoms with E-state index in [2.05, 4.69) is 0 Å². The van der Waals surface area contributed by atoms with E-state index in [9.17, 15) is 18.0 Å². The Labute approximate surface area is 171 Å². The van der Waals surface area contributed by atoms with Gasteiger partial charge in [0.15, 0.2) is 9.84 Å². The first-order valence-electron chi connectivity index (χ1n) is 9.77. The Morgan fingerprint density at radius 1 is 1.07 bits per heavy atom. The Hall–Kier alpha value is -2.67. The van der Waals surface area contributed by atoms with Gasteiger partial charge in [0.2, 0.25) is 5.91 Å². The standard InChI is InChI=1S/C22H24N2O4S/c1-23-19-11-12-24(14-17(19)13-21(23)25)22(26)18-9-5-6-10-20(18)29(27,28)15-16-7-3-2-4-8-16/h2-10,17,19H,11-15H2,1H3/t17-,19+/m1/s1. The molecule has 2 aromatic carbocycles. The van der Waals surface area contributed by atoms with Crippen LogP contribution in [-0.4, -0.2) is 56.2 Å². The number of benzene rings is 2. The van der Waals surface area contributed by atoms with Crippen LogP contribution < -0.4 is 0 Å². The second kappa shape index (κ2) is 7.63. The van der Waals surface area contributed by atoms with E-state index in [1.54, 1.807) is 52.3 Å². The molecule has 2 saturated heterocycles. The second-order valence-corrected chi connectivity index (χ2v) is 9.77. The molecule has 29 heavy (non-hydrogen) atoms. The Morgan fingerprint density at radius 2 is 1.76 bits per heavy atom. The number of fused-ring (bicyclic) bond motifs is 1. The summed E-state index contributed by atoms with van der Waals surface area (Å²) >= 11 is 0. The van der Waals surface area contributed by atoms with E-state index in [-0.39, 0.29) is 40.0 Å². The largest absolute Gasteiger partial charge is 0.342 e. The number of sulfone groups is 1. The molecule has 0 aromatic heterocycles. The average Bonchev–Trinajstić information content (AvgIpc) is 3.01. The molecule has 7 heteroatoms. The minimum atomic E-state index is -3.67. The van der Waals surface area contributed by atoms with E-state index in [0.29, 0.717) is 25.1 Å². The molecule has 0 saturated carbocycles. The van der Waals surface area contributed by atoms with Crippen LogP contribution in [0.4, 0.5) is 0 Å². The summed E-state index contributed by atoms with van der Waals surface area (Å²) in [5, 5.41) is 0. The molecule has 2 amide bonds. The van der Waals surface area contributed by atoms with E-state index < -0.39 is 9.84 Å². The van der Waals surface area contributed by atoms with Crippen molar-refractivity contribution in [2.24, 2.45) is 5.92 Å². The quantitative estimate of drug-likeness (QED) is 0.773.